The van der Waals surface area contributed by atoms with Gasteiger partial charge < -0.3 is 64.2 Å². The van der Waals surface area contributed by atoms with E-state index in [9.17, 15) is 45.3 Å². The van der Waals surface area contributed by atoms with E-state index < -0.39 is 99.3 Å². The van der Waals surface area contributed by atoms with E-state index in [-0.39, 0.29) is 19.4 Å². The molecule has 376 valence electrons. The molecule has 2 rings (SSSR count). The lowest BCUT2D eigenvalue weighted by Gasteiger charge is -2.42. The van der Waals surface area contributed by atoms with Gasteiger partial charge in [0, 0.05) is 12.8 Å². The van der Waals surface area contributed by atoms with Crippen LogP contribution in [0.4, 0.5) is 0 Å². The van der Waals surface area contributed by atoms with E-state index in [2.05, 4.69) is 56.0 Å². The highest BCUT2D eigenvalue weighted by molar-refractivity contribution is 5.70. The third-order valence-electron chi connectivity index (χ3n) is 11.6. The number of rotatable bonds is 37. The first-order chi connectivity index (χ1) is 31.5. The SMILES string of the molecule is CCCC/C=C/C/C=C/CCCCCCCC(=O)OC[C@H](CO[C@@H]1O[C@H](CO[C@@H]2O[C@H](CO)[C@H](O)C(O)C2O)[C@H](O)C(O)C1O)OC(=O)CCCCCCCC=C=CCCCCCCC. The molecule has 11 atom stereocenters. The first-order valence-electron chi connectivity index (χ1n) is 24.8. The van der Waals surface area contributed by atoms with Crippen molar-refractivity contribution in [3.8, 4) is 0 Å². The largest absolute Gasteiger partial charge is 0.462 e. The maximum atomic E-state index is 13.0. The summed E-state index contributed by atoms with van der Waals surface area (Å²) in [4.78, 5) is 25.7. The fourth-order valence-electron chi connectivity index (χ4n) is 7.44. The number of ether oxygens (including phenoxy) is 6. The summed E-state index contributed by atoms with van der Waals surface area (Å²) in [7, 11) is 0. The Morgan fingerprint density at radius 1 is 0.538 bits per heavy atom. The summed E-state index contributed by atoms with van der Waals surface area (Å²) in [6, 6.07) is 0. The summed E-state index contributed by atoms with van der Waals surface area (Å²) < 4.78 is 33.5. The molecular weight excluding hydrogens is 841 g/mol. The second-order valence-electron chi connectivity index (χ2n) is 17.4. The highest BCUT2D eigenvalue weighted by Gasteiger charge is 2.47. The van der Waals surface area contributed by atoms with Gasteiger partial charge in [-0.1, -0.05) is 115 Å². The lowest BCUT2D eigenvalue weighted by molar-refractivity contribution is -0.332. The minimum absolute atomic E-state index is 0.141. The van der Waals surface area contributed by atoms with Crippen LogP contribution in [0.15, 0.2) is 42.2 Å². The lowest BCUT2D eigenvalue weighted by Crippen LogP contribution is -2.61. The normalized spacial score (nSPS) is 26.3. The Hall–Kier alpha value is -2.50. The summed E-state index contributed by atoms with van der Waals surface area (Å²) in [6.45, 7) is 2.48. The van der Waals surface area contributed by atoms with Gasteiger partial charge in [-0.25, -0.2) is 0 Å². The highest BCUT2D eigenvalue weighted by atomic mass is 16.7. The lowest BCUT2D eigenvalue weighted by atomic mass is 9.98. The first kappa shape index (κ1) is 58.6. The van der Waals surface area contributed by atoms with Crippen LogP contribution in [0.3, 0.4) is 0 Å². The van der Waals surface area contributed by atoms with Crippen LogP contribution in [0.1, 0.15) is 168 Å². The number of allylic oxidation sites excluding steroid dienone is 5. The van der Waals surface area contributed by atoms with Crippen LogP contribution < -0.4 is 0 Å². The van der Waals surface area contributed by atoms with Crippen molar-refractivity contribution < 1.29 is 73.8 Å². The number of esters is 2. The molecule has 2 saturated heterocycles. The van der Waals surface area contributed by atoms with E-state index in [4.69, 9.17) is 28.4 Å². The van der Waals surface area contributed by atoms with E-state index >= 15 is 0 Å². The quantitative estimate of drug-likeness (QED) is 0.0157. The van der Waals surface area contributed by atoms with Gasteiger partial charge in [-0.2, -0.15) is 0 Å². The number of hydrogen-bond donors (Lipinski definition) is 7. The van der Waals surface area contributed by atoms with Crippen LogP contribution in [-0.4, -0.2) is 142 Å². The average molecular weight is 927 g/mol. The molecule has 0 aromatic heterocycles. The van der Waals surface area contributed by atoms with E-state index in [1.54, 1.807) is 0 Å². The van der Waals surface area contributed by atoms with Crippen LogP contribution in [0.2, 0.25) is 0 Å². The number of unbranched alkanes of at least 4 members (excludes halogenated alkanes) is 17. The zero-order valence-electron chi connectivity index (χ0n) is 39.5. The van der Waals surface area contributed by atoms with E-state index in [0.717, 1.165) is 83.5 Å². The molecule has 2 fully saturated rings. The maximum Gasteiger partial charge on any atom is 0.306 e. The van der Waals surface area contributed by atoms with Crippen molar-refractivity contribution in [3.63, 3.8) is 0 Å². The third kappa shape index (κ3) is 26.0. The van der Waals surface area contributed by atoms with Crippen LogP contribution >= 0.6 is 0 Å². The monoisotopic (exact) mass is 927 g/mol. The molecule has 4 unspecified atom stereocenters. The molecule has 0 aromatic rings. The number of hydrogen-bond acceptors (Lipinski definition) is 15. The fourth-order valence-corrected chi connectivity index (χ4v) is 7.44. The molecule has 0 saturated carbocycles. The van der Waals surface area contributed by atoms with Gasteiger partial charge >= 0.3 is 11.9 Å². The smallest absolute Gasteiger partial charge is 0.306 e. The van der Waals surface area contributed by atoms with Crippen LogP contribution in [0.5, 0.6) is 0 Å². The fraction of sp³-hybridized carbons (Fsp3) is 0.820. The number of aliphatic hydroxyl groups is 7. The minimum Gasteiger partial charge on any atom is -0.462 e. The summed E-state index contributed by atoms with van der Waals surface area (Å²) in [5, 5.41) is 72.0. The Morgan fingerprint density at radius 3 is 1.63 bits per heavy atom. The molecular formula is C50H86O15. The molecule has 2 heterocycles. The number of aliphatic hydroxyl groups excluding tert-OH is 7. The predicted octanol–water partition coefficient (Wildman–Crippen LogP) is 6.31. The second-order valence-corrected chi connectivity index (χ2v) is 17.4. The molecule has 2 aliphatic heterocycles. The molecule has 15 heteroatoms. The first-order valence-corrected chi connectivity index (χ1v) is 24.8. The van der Waals surface area contributed by atoms with Gasteiger partial charge in [0.05, 0.1) is 19.8 Å². The van der Waals surface area contributed by atoms with E-state index in [0.29, 0.717) is 12.8 Å². The number of carbonyl (C=O) groups excluding carboxylic acids is 2. The molecule has 0 aliphatic carbocycles. The molecule has 65 heavy (non-hydrogen) atoms. The molecule has 0 bridgehead atoms. The molecule has 0 aromatic carbocycles. The highest BCUT2D eigenvalue weighted by Crippen LogP contribution is 2.26. The Balaban J connectivity index is 1.85. The van der Waals surface area contributed by atoms with Crippen LogP contribution in [0, 0.1) is 0 Å². The zero-order chi connectivity index (χ0) is 47.5. The molecule has 2 aliphatic rings. The van der Waals surface area contributed by atoms with Gasteiger partial charge in [0.25, 0.3) is 0 Å². The average Bonchev–Trinajstić information content (AvgIpc) is 3.30. The molecule has 15 nitrogen and oxygen atoms in total. The Morgan fingerprint density at radius 2 is 1.03 bits per heavy atom. The summed E-state index contributed by atoms with van der Waals surface area (Å²) >= 11 is 0. The van der Waals surface area contributed by atoms with Crippen molar-refractivity contribution in [2.75, 3.05) is 26.4 Å². The predicted molar refractivity (Wildman–Crippen MR) is 246 cm³/mol. The Bertz CT molecular complexity index is 1330. The van der Waals surface area contributed by atoms with Crippen molar-refractivity contribution in [1.82, 2.24) is 0 Å². The van der Waals surface area contributed by atoms with Crippen molar-refractivity contribution >= 4 is 11.9 Å². The van der Waals surface area contributed by atoms with Gasteiger partial charge in [-0.3, -0.25) is 9.59 Å². The summed E-state index contributed by atoms with van der Waals surface area (Å²) in [6.07, 6.45) is 19.5. The summed E-state index contributed by atoms with van der Waals surface area (Å²) in [5.74, 6) is -0.964. The van der Waals surface area contributed by atoms with Gasteiger partial charge in [-0.05, 0) is 76.4 Å². The topological polar surface area (TPSA) is 231 Å². The van der Waals surface area contributed by atoms with Crippen molar-refractivity contribution in [1.29, 1.82) is 0 Å². The Kier molecular flexibility index (Phi) is 33.8. The second kappa shape index (κ2) is 37.5. The standard InChI is InChI=1S/C50H86O15/c1-3-5-7-9-11-13-15-17-19-21-23-25-27-29-31-33-42(53)63-38(35-60-41(52)32-30-28-26-24-22-20-18-16-14-12-10-8-6-4-2)36-61-49-48(59)46(57)44(55)40(65-49)37-62-50-47(58)45(56)43(54)39(34-51)64-50/h10,12,15-16,18-19,38-40,43-51,54-59H,3-9,11,13-14,20-37H2,1-2H3/b12-10+,18-16+/t17?,38-,39-,40-,43+,44+,45?,46?,47?,48?,49-,50-/m1/s1. The molecule has 7 N–H and O–H groups in total. The third-order valence-corrected chi connectivity index (χ3v) is 11.6. The van der Waals surface area contributed by atoms with Crippen molar-refractivity contribution in [2.45, 2.75) is 235 Å². The summed E-state index contributed by atoms with van der Waals surface area (Å²) in [5.41, 5.74) is 3.28. The minimum atomic E-state index is -1.77. The van der Waals surface area contributed by atoms with E-state index in [1.807, 2.05) is 0 Å². The Labute approximate surface area is 388 Å². The van der Waals surface area contributed by atoms with Crippen LogP contribution in [-0.2, 0) is 38.0 Å². The maximum absolute atomic E-state index is 13.0. The van der Waals surface area contributed by atoms with Gasteiger partial charge in [0.15, 0.2) is 18.7 Å². The van der Waals surface area contributed by atoms with Crippen molar-refractivity contribution in [3.05, 3.63) is 42.2 Å². The molecule has 0 spiro atoms. The van der Waals surface area contributed by atoms with Gasteiger partial charge in [0.2, 0.25) is 0 Å². The van der Waals surface area contributed by atoms with Crippen molar-refractivity contribution in [2.24, 2.45) is 0 Å². The zero-order valence-corrected chi connectivity index (χ0v) is 39.5. The number of carbonyl (C=O) groups is 2. The molecule has 0 radical (unpaired) electrons. The van der Waals surface area contributed by atoms with E-state index in [1.165, 1.54) is 44.9 Å². The van der Waals surface area contributed by atoms with Gasteiger partial charge in [0.1, 0.15) is 55.4 Å². The van der Waals surface area contributed by atoms with Crippen LogP contribution in [0.25, 0.3) is 0 Å². The van der Waals surface area contributed by atoms with Gasteiger partial charge in [-0.15, -0.1) is 5.73 Å². The molecule has 0 amide bonds.